The summed E-state index contributed by atoms with van der Waals surface area (Å²) in [6, 6.07) is 0. The van der Waals surface area contributed by atoms with Gasteiger partial charge in [0.05, 0.1) is 12.8 Å². The van der Waals surface area contributed by atoms with E-state index in [1.165, 1.54) is 14.0 Å². The molecule has 5 heteroatoms. The van der Waals surface area contributed by atoms with Gasteiger partial charge in [-0.2, -0.15) is 4.98 Å². The van der Waals surface area contributed by atoms with Crippen LogP contribution in [0.5, 0.6) is 11.8 Å². The van der Waals surface area contributed by atoms with E-state index < -0.39 is 5.97 Å². The number of methoxy groups -OCH3 is 1. The Morgan fingerprint density at radius 1 is 1.14 bits per heavy atom. The lowest BCUT2D eigenvalue weighted by Crippen LogP contribution is -2.07. The quantitative estimate of drug-likeness (QED) is 0.661. The SMILES string of the molecule is COc1nc(OC(C)=O)c(C)nc1C. The first-order valence-electron chi connectivity index (χ1n) is 4.12. The van der Waals surface area contributed by atoms with Gasteiger partial charge in [-0.25, -0.2) is 4.98 Å². The van der Waals surface area contributed by atoms with Crippen molar-refractivity contribution >= 4 is 5.97 Å². The van der Waals surface area contributed by atoms with Crippen LogP contribution in [0.3, 0.4) is 0 Å². The van der Waals surface area contributed by atoms with Crippen LogP contribution in [0.2, 0.25) is 0 Å². The summed E-state index contributed by atoms with van der Waals surface area (Å²) in [5.74, 6) is 0.139. The van der Waals surface area contributed by atoms with Crippen LogP contribution in [0, 0.1) is 13.8 Å². The Balaban J connectivity index is 3.10. The van der Waals surface area contributed by atoms with E-state index in [4.69, 9.17) is 9.47 Å². The standard InChI is InChI=1S/C9H12N2O3/c1-5-8(13-4)11-9(6(2)10-5)14-7(3)12/h1-4H3. The van der Waals surface area contributed by atoms with Gasteiger partial charge >= 0.3 is 5.97 Å². The zero-order valence-corrected chi connectivity index (χ0v) is 8.62. The summed E-state index contributed by atoms with van der Waals surface area (Å²) < 4.78 is 9.81. The molecule has 0 N–H and O–H groups in total. The first-order chi connectivity index (χ1) is 6.54. The van der Waals surface area contributed by atoms with Crippen LogP contribution in [-0.4, -0.2) is 23.0 Å². The van der Waals surface area contributed by atoms with Crippen molar-refractivity contribution in [3.63, 3.8) is 0 Å². The zero-order chi connectivity index (χ0) is 10.7. The zero-order valence-electron chi connectivity index (χ0n) is 8.62. The van der Waals surface area contributed by atoms with Gasteiger partial charge in [0.15, 0.2) is 0 Å². The maximum absolute atomic E-state index is 10.7. The first-order valence-corrected chi connectivity index (χ1v) is 4.12. The molecule has 14 heavy (non-hydrogen) atoms. The lowest BCUT2D eigenvalue weighted by molar-refractivity contribution is -0.132. The number of hydrogen-bond donors (Lipinski definition) is 0. The molecular formula is C9H12N2O3. The molecule has 0 unspecified atom stereocenters. The van der Waals surface area contributed by atoms with E-state index in [0.29, 0.717) is 17.3 Å². The van der Waals surface area contributed by atoms with Gasteiger partial charge in [0.1, 0.15) is 5.69 Å². The molecule has 0 spiro atoms. The van der Waals surface area contributed by atoms with Gasteiger partial charge < -0.3 is 9.47 Å². The Bertz CT molecular complexity index is 363. The van der Waals surface area contributed by atoms with E-state index >= 15 is 0 Å². The second-order valence-electron chi connectivity index (χ2n) is 2.80. The van der Waals surface area contributed by atoms with Gasteiger partial charge in [-0.1, -0.05) is 0 Å². The van der Waals surface area contributed by atoms with Gasteiger partial charge in [-0.15, -0.1) is 0 Å². The van der Waals surface area contributed by atoms with Crippen LogP contribution in [0.4, 0.5) is 0 Å². The number of carbonyl (C=O) groups excluding carboxylic acids is 1. The largest absolute Gasteiger partial charge is 0.480 e. The molecule has 0 radical (unpaired) electrons. The van der Waals surface area contributed by atoms with Crippen molar-refractivity contribution in [3.05, 3.63) is 11.4 Å². The summed E-state index contributed by atoms with van der Waals surface area (Å²) in [6.07, 6.45) is 0. The number of carbonyl (C=O) groups is 1. The van der Waals surface area contributed by atoms with Crippen molar-refractivity contribution in [3.8, 4) is 11.8 Å². The van der Waals surface area contributed by atoms with E-state index in [2.05, 4.69) is 9.97 Å². The monoisotopic (exact) mass is 196 g/mol. The van der Waals surface area contributed by atoms with Gasteiger partial charge in [-0.05, 0) is 13.8 Å². The normalized spacial score (nSPS) is 9.71. The average Bonchev–Trinajstić information content (AvgIpc) is 2.09. The highest BCUT2D eigenvalue weighted by atomic mass is 16.5. The predicted octanol–water partition coefficient (Wildman–Crippen LogP) is 1.03. The minimum Gasteiger partial charge on any atom is -0.480 e. The van der Waals surface area contributed by atoms with Crippen molar-refractivity contribution < 1.29 is 14.3 Å². The molecule has 0 atom stereocenters. The van der Waals surface area contributed by atoms with E-state index in [-0.39, 0.29) is 5.88 Å². The summed E-state index contributed by atoms with van der Waals surface area (Å²) in [5.41, 5.74) is 1.24. The Labute approximate surface area is 82.1 Å². The Kier molecular flexibility index (Phi) is 3.01. The number of ether oxygens (including phenoxy) is 2. The van der Waals surface area contributed by atoms with Gasteiger partial charge in [0, 0.05) is 6.92 Å². The molecule has 0 bridgehead atoms. The van der Waals surface area contributed by atoms with Crippen LogP contribution in [0.15, 0.2) is 0 Å². The molecule has 0 aromatic carbocycles. The minimum atomic E-state index is -0.423. The van der Waals surface area contributed by atoms with E-state index in [9.17, 15) is 4.79 Å². The number of aryl methyl sites for hydroxylation is 2. The van der Waals surface area contributed by atoms with Crippen molar-refractivity contribution in [1.82, 2.24) is 9.97 Å². The third-order valence-electron chi connectivity index (χ3n) is 1.59. The van der Waals surface area contributed by atoms with Crippen molar-refractivity contribution in [1.29, 1.82) is 0 Å². The second kappa shape index (κ2) is 4.04. The lowest BCUT2D eigenvalue weighted by atomic mass is 10.4. The smallest absolute Gasteiger partial charge is 0.309 e. The molecule has 0 saturated carbocycles. The number of esters is 1. The fourth-order valence-electron chi connectivity index (χ4n) is 1.03. The Hall–Kier alpha value is -1.65. The number of rotatable bonds is 2. The average molecular weight is 196 g/mol. The van der Waals surface area contributed by atoms with Crippen molar-refractivity contribution in [2.75, 3.05) is 7.11 Å². The summed E-state index contributed by atoms with van der Waals surface area (Å²) >= 11 is 0. The molecule has 1 heterocycles. The summed E-state index contributed by atoms with van der Waals surface area (Å²) in [4.78, 5) is 18.9. The first kappa shape index (κ1) is 10.4. The molecule has 0 amide bonds. The van der Waals surface area contributed by atoms with Crippen molar-refractivity contribution in [2.45, 2.75) is 20.8 Å². The molecule has 1 aromatic heterocycles. The maximum Gasteiger partial charge on any atom is 0.309 e. The van der Waals surface area contributed by atoms with Crippen LogP contribution >= 0.6 is 0 Å². The maximum atomic E-state index is 10.7. The topological polar surface area (TPSA) is 61.3 Å². The summed E-state index contributed by atoms with van der Waals surface area (Å²) in [7, 11) is 1.49. The van der Waals surface area contributed by atoms with Crippen LogP contribution in [0.1, 0.15) is 18.3 Å². The molecule has 1 aromatic rings. The molecule has 0 saturated heterocycles. The van der Waals surface area contributed by atoms with Crippen LogP contribution in [-0.2, 0) is 4.79 Å². The highest BCUT2D eigenvalue weighted by Gasteiger charge is 2.10. The Morgan fingerprint density at radius 3 is 2.21 bits per heavy atom. The minimum absolute atomic E-state index is 0.194. The number of hydrogen-bond acceptors (Lipinski definition) is 5. The highest BCUT2D eigenvalue weighted by Crippen LogP contribution is 2.19. The fraction of sp³-hybridized carbons (Fsp3) is 0.444. The molecule has 1 rings (SSSR count). The summed E-state index contributed by atoms with van der Waals surface area (Å²) in [5, 5.41) is 0. The predicted molar refractivity (Wildman–Crippen MR) is 49.4 cm³/mol. The Morgan fingerprint density at radius 2 is 1.71 bits per heavy atom. The molecule has 0 aliphatic heterocycles. The summed E-state index contributed by atoms with van der Waals surface area (Å²) in [6.45, 7) is 4.81. The van der Waals surface area contributed by atoms with Gasteiger partial charge in [0.25, 0.3) is 0 Å². The molecule has 0 aliphatic rings. The molecular weight excluding hydrogens is 184 g/mol. The molecule has 0 aliphatic carbocycles. The molecule has 0 fully saturated rings. The van der Waals surface area contributed by atoms with Crippen molar-refractivity contribution in [2.24, 2.45) is 0 Å². The number of nitrogens with zero attached hydrogens (tertiary/aromatic N) is 2. The second-order valence-corrected chi connectivity index (χ2v) is 2.80. The third kappa shape index (κ3) is 2.18. The van der Waals surface area contributed by atoms with E-state index in [1.807, 2.05) is 0 Å². The highest BCUT2D eigenvalue weighted by molar-refractivity contribution is 5.69. The van der Waals surface area contributed by atoms with E-state index in [0.717, 1.165) is 0 Å². The van der Waals surface area contributed by atoms with Crippen LogP contribution in [0.25, 0.3) is 0 Å². The fourth-order valence-corrected chi connectivity index (χ4v) is 1.03. The lowest BCUT2D eigenvalue weighted by Gasteiger charge is -2.07. The van der Waals surface area contributed by atoms with Gasteiger partial charge in [-0.3, -0.25) is 4.79 Å². The molecule has 76 valence electrons. The van der Waals surface area contributed by atoms with E-state index in [1.54, 1.807) is 13.8 Å². The number of aromatic nitrogens is 2. The van der Waals surface area contributed by atoms with Gasteiger partial charge in [0.2, 0.25) is 11.8 Å². The molecule has 5 nitrogen and oxygen atoms in total. The van der Waals surface area contributed by atoms with Crippen LogP contribution < -0.4 is 9.47 Å². The third-order valence-corrected chi connectivity index (χ3v) is 1.59.